The number of carbonyl (C=O) groups excluding carboxylic acids is 1. The largest absolute Gasteiger partial charge is 0.351 e. The van der Waals surface area contributed by atoms with Crippen molar-refractivity contribution in [2.45, 2.75) is 0 Å². The van der Waals surface area contributed by atoms with Gasteiger partial charge in [-0.1, -0.05) is 16.8 Å². The molecule has 0 saturated carbocycles. The van der Waals surface area contributed by atoms with Gasteiger partial charge in [0.2, 0.25) is 5.76 Å². The van der Waals surface area contributed by atoms with Crippen molar-refractivity contribution in [1.29, 1.82) is 0 Å². The van der Waals surface area contributed by atoms with Gasteiger partial charge in [0, 0.05) is 5.56 Å². The van der Waals surface area contributed by atoms with Gasteiger partial charge in [-0.15, -0.1) is 0 Å². The summed E-state index contributed by atoms with van der Waals surface area (Å²) in [5.41, 5.74) is 0.928. The van der Waals surface area contributed by atoms with Crippen LogP contribution in [0.2, 0.25) is 5.02 Å². The van der Waals surface area contributed by atoms with Crippen molar-refractivity contribution in [3.8, 4) is 11.3 Å². The lowest BCUT2D eigenvalue weighted by Crippen LogP contribution is -1.80. The second-order valence-electron chi connectivity index (χ2n) is 2.83. The van der Waals surface area contributed by atoms with Crippen LogP contribution >= 0.6 is 11.6 Å². The van der Waals surface area contributed by atoms with Crippen molar-refractivity contribution in [2.75, 3.05) is 0 Å². The third kappa shape index (κ3) is 1.76. The molecule has 0 aliphatic rings. The first-order valence-corrected chi connectivity index (χ1v) is 4.46. The lowest BCUT2D eigenvalue weighted by Gasteiger charge is -1.95. The van der Waals surface area contributed by atoms with Crippen LogP contribution in [-0.2, 0) is 0 Å². The zero-order valence-electron chi connectivity index (χ0n) is 7.41. The molecule has 2 rings (SSSR count). The fraction of sp³-hybridized carbons (Fsp3) is 0. The van der Waals surface area contributed by atoms with Crippen molar-refractivity contribution in [3.05, 3.63) is 40.9 Å². The maximum Gasteiger partial charge on any atom is 0.218 e. The van der Waals surface area contributed by atoms with E-state index in [1.807, 2.05) is 0 Å². The van der Waals surface area contributed by atoms with Gasteiger partial charge in [0.05, 0.1) is 0 Å². The van der Waals surface area contributed by atoms with Crippen molar-refractivity contribution in [3.63, 3.8) is 0 Å². The van der Waals surface area contributed by atoms with Gasteiger partial charge in [0.25, 0.3) is 0 Å². The Kier molecular flexibility index (Phi) is 2.51. The van der Waals surface area contributed by atoms with Gasteiger partial charge in [0.1, 0.15) is 16.5 Å². The monoisotopic (exact) mass is 225 g/mol. The summed E-state index contributed by atoms with van der Waals surface area (Å²) in [6, 6.07) is 5.57. The zero-order chi connectivity index (χ0) is 10.8. The van der Waals surface area contributed by atoms with Crippen molar-refractivity contribution in [1.82, 2.24) is 5.16 Å². The summed E-state index contributed by atoms with van der Waals surface area (Å²) in [6.07, 6.45) is 0.475. The summed E-state index contributed by atoms with van der Waals surface area (Å²) < 4.78 is 17.3. The number of rotatable bonds is 2. The van der Waals surface area contributed by atoms with Gasteiger partial charge in [-0.3, -0.25) is 4.79 Å². The van der Waals surface area contributed by atoms with Crippen molar-refractivity contribution in [2.24, 2.45) is 0 Å². The van der Waals surface area contributed by atoms with Crippen LogP contribution < -0.4 is 0 Å². The van der Waals surface area contributed by atoms with Gasteiger partial charge in [0.15, 0.2) is 6.29 Å². The average molecular weight is 226 g/mol. The number of hydrogen-bond acceptors (Lipinski definition) is 3. The average Bonchev–Trinajstić information content (AvgIpc) is 2.61. The Labute approximate surface area is 89.4 Å². The third-order valence-corrected chi connectivity index (χ3v) is 2.25. The lowest BCUT2D eigenvalue weighted by molar-refractivity contribution is 0.109. The number of aldehydes is 1. The fourth-order valence-electron chi connectivity index (χ4n) is 1.15. The van der Waals surface area contributed by atoms with Crippen LogP contribution in [0.1, 0.15) is 10.6 Å². The highest BCUT2D eigenvalue weighted by atomic mass is 35.5. The van der Waals surface area contributed by atoms with E-state index >= 15 is 0 Å². The molecule has 1 heterocycles. The quantitative estimate of drug-likeness (QED) is 0.738. The molecule has 0 radical (unpaired) electrons. The minimum atomic E-state index is -0.353. The van der Waals surface area contributed by atoms with Crippen LogP contribution in [0, 0.1) is 5.82 Å². The Balaban J connectivity index is 2.49. The standard InChI is InChI=1S/C10H5ClFNO2/c11-9-8(5-14)15-13-10(9)6-1-3-7(12)4-2-6/h1-5H. The maximum atomic E-state index is 12.6. The molecular weight excluding hydrogens is 221 g/mol. The van der Waals surface area contributed by atoms with Crippen molar-refractivity contribution >= 4 is 17.9 Å². The molecule has 0 atom stereocenters. The second kappa shape index (κ2) is 3.82. The van der Waals surface area contributed by atoms with E-state index in [1.165, 1.54) is 24.3 Å². The molecule has 0 spiro atoms. The van der Waals surface area contributed by atoms with E-state index in [0.717, 1.165) is 0 Å². The molecular formula is C10H5ClFNO2. The van der Waals surface area contributed by atoms with Gasteiger partial charge in [-0.05, 0) is 24.3 Å². The third-order valence-electron chi connectivity index (χ3n) is 1.88. The fourth-order valence-corrected chi connectivity index (χ4v) is 1.37. The molecule has 76 valence electrons. The van der Waals surface area contributed by atoms with Crippen LogP contribution in [0.15, 0.2) is 28.8 Å². The number of hydrogen-bond donors (Lipinski definition) is 0. The zero-order valence-corrected chi connectivity index (χ0v) is 8.16. The Morgan fingerprint density at radius 3 is 2.53 bits per heavy atom. The molecule has 15 heavy (non-hydrogen) atoms. The molecule has 0 unspecified atom stereocenters. The highest BCUT2D eigenvalue weighted by Crippen LogP contribution is 2.28. The SMILES string of the molecule is O=Cc1onc(-c2ccc(F)cc2)c1Cl. The molecule has 0 saturated heterocycles. The van der Waals surface area contributed by atoms with Crippen LogP contribution in [-0.4, -0.2) is 11.4 Å². The Hall–Kier alpha value is -1.68. The lowest BCUT2D eigenvalue weighted by atomic mass is 10.1. The normalized spacial score (nSPS) is 10.3. The molecule has 2 aromatic rings. The summed E-state index contributed by atoms with van der Waals surface area (Å²) in [5.74, 6) is -0.384. The summed E-state index contributed by atoms with van der Waals surface area (Å²) in [5, 5.41) is 3.76. The molecule has 5 heteroatoms. The molecule has 3 nitrogen and oxygen atoms in total. The van der Waals surface area contributed by atoms with E-state index in [4.69, 9.17) is 11.6 Å². The van der Waals surface area contributed by atoms with E-state index in [9.17, 15) is 9.18 Å². The smallest absolute Gasteiger partial charge is 0.218 e. The van der Waals surface area contributed by atoms with E-state index in [-0.39, 0.29) is 16.6 Å². The predicted octanol–water partition coefficient (Wildman–Crippen LogP) is 2.95. The van der Waals surface area contributed by atoms with Gasteiger partial charge >= 0.3 is 0 Å². The first-order chi connectivity index (χ1) is 7.22. The minimum Gasteiger partial charge on any atom is -0.351 e. The van der Waals surface area contributed by atoms with Crippen LogP contribution in [0.5, 0.6) is 0 Å². The molecule has 0 N–H and O–H groups in total. The van der Waals surface area contributed by atoms with Gasteiger partial charge in [-0.25, -0.2) is 4.39 Å². The maximum absolute atomic E-state index is 12.6. The highest BCUT2D eigenvalue weighted by molar-refractivity contribution is 6.35. The summed E-state index contributed by atoms with van der Waals surface area (Å²) in [6.45, 7) is 0. The number of aromatic nitrogens is 1. The number of nitrogens with zero attached hydrogens (tertiary/aromatic N) is 1. The first-order valence-electron chi connectivity index (χ1n) is 4.08. The van der Waals surface area contributed by atoms with E-state index < -0.39 is 0 Å². The molecule has 1 aromatic carbocycles. The van der Waals surface area contributed by atoms with Crippen LogP contribution in [0.3, 0.4) is 0 Å². The predicted molar refractivity (Wildman–Crippen MR) is 52.3 cm³/mol. The highest BCUT2D eigenvalue weighted by Gasteiger charge is 2.14. The van der Waals surface area contributed by atoms with Crippen LogP contribution in [0.25, 0.3) is 11.3 Å². The molecule has 1 aromatic heterocycles. The van der Waals surface area contributed by atoms with E-state index in [0.29, 0.717) is 17.5 Å². The minimum absolute atomic E-state index is 0.0315. The number of carbonyl (C=O) groups is 1. The Morgan fingerprint density at radius 2 is 2.00 bits per heavy atom. The van der Waals surface area contributed by atoms with E-state index in [2.05, 4.69) is 9.68 Å². The first kappa shape index (κ1) is 9.86. The number of benzene rings is 1. The van der Waals surface area contributed by atoms with Gasteiger partial charge in [-0.2, -0.15) is 0 Å². The van der Waals surface area contributed by atoms with E-state index in [1.54, 1.807) is 0 Å². The van der Waals surface area contributed by atoms with Crippen LogP contribution in [0.4, 0.5) is 4.39 Å². The summed E-state index contributed by atoms with van der Waals surface area (Å²) >= 11 is 5.82. The van der Waals surface area contributed by atoms with Crippen molar-refractivity contribution < 1.29 is 13.7 Å². The molecule has 0 bridgehead atoms. The molecule has 0 amide bonds. The number of halogens is 2. The molecule has 0 fully saturated rings. The van der Waals surface area contributed by atoms with Gasteiger partial charge < -0.3 is 4.52 Å². The second-order valence-corrected chi connectivity index (χ2v) is 3.21. The summed E-state index contributed by atoms with van der Waals surface area (Å²) in [4.78, 5) is 10.4. The molecule has 0 aliphatic heterocycles. The summed E-state index contributed by atoms with van der Waals surface area (Å²) in [7, 11) is 0. The molecule has 0 aliphatic carbocycles. The Morgan fingerprint density at radius 1 is 1.33 bits per heavy atom. The topological polar surface area (TPSA) is 43.1 Å². The Bertz CT molecular complexity index is 493.